The number of phosphoric acid groups is 3. The molecule has 2 aromatic heterocycles. The van der Waals surface area contributed by atoms with Gasteiger partial charge in [0.15, 0.2) is 22.8 Å². The number of nitrogen functional groups attached to an aromatic ring is 1. The number of phosphoric ester groups is 3. The van der Waals surface area contributed by atoms with Crippen LogP contribution < -0.4 is 16.4 Å². The topological polar surface area (TPSA) is 364 Å². The van der Waals surface area contributed by atoms with E-state index in [2.05, 4.69) is 65.6 Å². The van der Waals surface area contributed by atoms with Gasteiger partial charge in [0.1, 0.15) is 36.3 Å². The number of ether oxygens (including phenoxy) is 1. The molecule has 0 bridgehead atoms. The molecule has 1 fully saturated rings. The lowest BCUT2D eigenvalue weighted by molar-refractivity contribution is -0.137. The van der Waals surface area contributed by atoms with Crippen molar-refractivity contribution in [1.82, 2.24) is 30.2 Å². The van der Waals surface area contributed by atoms with Gasteiger partial charge in [-0.1, -0.05) is 102 Å². The normalized spacial score (nSPS) is 20.1. The number of fused-ring (bicyclic) bond motifs is 1. The summed E-state index contributed by atoms with van der Waals surface area (Å²) in [5.41, 5.74) is 4.29. The number of nitrogens with one attached hydrogen (secondary N) is 2. The maximum absolute atomic E-state index is 12.7. The van der Waals surface area contributed by atoms with Crippen molar-refractivity contribution < 1.29 is 80.5 Å². The summed E-state index contributed by atoms with van der Waals surface area (Å²) in [6, 6.07) is 0. The van der Waals surface area contributed by atoms with E-state index in [1.54, 1.807) is 0 Å². The number of unbranched alkanes of at least 4 members (excludes halogenated alkanes) is 10. The Morgan fingerprint density at radius 2 is 1.52 bits per heavy atom. The second-order valence-electron chi connectivity index (χ2n) is 17.0. The van der Waals surface area contributed by atoms with E-state index in [-0.39, 0.29) is 41.6 Å². The van der Waals surface area contributed by atoms with E-state index < -0.39 is 84.6 Å². The second kappa shape index (κ2) is 30.2. The molecule has 7 atom stereocenters. The first-order chi connectivity index (χ1) is 32.6. The van der Waals surface area contributed by atoms with Crippen molar-refractivity contribution >= 4 is 69.1 Å². The number of aromatic nitrogens is 4. The van der Waals surface area contributed by atoms with Gasteiger partial charge in [-0.05, 0) is 38.5 Å². The minimum atomic E-state index is -5.58. The van der Waals surface area contributed by atoms with E-state index in [0.29, 0.717) is 12.2 Å². The number of carbonyl (C=O) groups excluding carboxylic acids is 3. The number of anilines is 1. The van der Waals surface area contributed by atoms with Crippen molar-refractivity contribution in [3.63, 3.8) is 0 Å². The Morgan fingerprint density at radius 3 is 2.19 bits per heavy atom. The van der Waals surface area contributed by atoms with Crippen LogP contribution in [0, 0.1) is 5.41 Å². The third-order valence-electron chi connectivity index (χ3n) is 10.6. The summed E-state index contributed by atoms with van der Waals surface area (Å²) >= 11 is 1.15. The SMILES string of the molecule is CCCCC/C=C\C/C=C\CCCCCCCCCC(=O)SCCNC(=O)CCNC(=O)[C@H](O)C(C)(C)COP(=O)(O)OP(=O)(O)OC[C@H]1O[C@@H](n2cnc3c(N)ncnc32)[C@H](O)[C@@H]1OP(=O)(O)O. The van der Waals surface area contributed by atoms with Crippen LogP contribution in [-0.2, 0) is 50.7 Å². The molecule has 0 aliphatic carbocycles. The largest absolute Gasteiger partial charge is 0.481 e. The van der Waals surface area contributed by atoms with Gasteiger partial charge in [-0.2, -0.15) is 4.31 Å². The fourth-order valence-corrected chi connectivity index (χ4v) is 10.4. The van der Waals surface area contributed by atoms with Gasteiger partial charge < -0.3 is 50.9 Å². The lowest BCUT2D eigenvalue weighted by Gasteiger charge is -2.30. The molecule has 0 radical (unpaired) electrons. The van der Waals surface area contributed by atoms with Crippen LogP contribution in [0.3, 0.4) is 0 Å². The molecule has 1 aliphatic rings. The standard InChI is InChI=1S/C41H70N7O17P3S/c1-4-5-6-7-8-9-10-11-12-13-14-15-16-17-18-19-20-21-32(50)69-25-24-43-31(49)22-23-44-39(53)36(52)41(2,3)27-62-68(59,60)65-67(57,58)61-26-30-35(64-66(54,55)56)34(51)40(63-30)48-29-47-33-37(42)45-28-46-38(33)48/h8-9,11-12,28-30,34-36,40,51-52H,4-7,10,13-27H2,1-3H3,(H,43,49)(H,44,53)(H,57,58)(H,59,60)(H2,42,45,46)(H2,54,55,56)/b9-8-,12-11-/t30-,34-,35-,36+,40-/m1/s1. The molecule has 0 saturated carbocycles. The van der Waals surface area contributed by atoms with Gasteiger partial charge >= 0.3 is 23.5 Å². The number of aliphatic hydroxyl groups excluding tert-OH is 2. The number of hydrogen-bond acceptors (Lipinski definition) is 18. The first-order valence-electron chi connectivity index (χ1n) is 22.9. The summed E-state index contributed by atoms with van der Waals surface area (Å²) in [7, 11) is -16.4. The van der Waals surface area contributed by atoms with Crippen LogP contribution in [0.25, 0.3) is 11.2 Å². The van der Waals surface area contributed by atoms with Crippen molar-refractivity contribution in [2.24, 2.45) is 5.41 Å². The zero-order valence-electron chi connectivity index (χ0n) is 39.3. The fourth-order valence-electron chi connectivity index (χ4n) is 6.80. The van der Waals surface area contributed by atoms with Crippen LogP contribution in [0.2, 0.25) is 0 Å². The van der Waals surface area contributed by atoms with Gasteiger partial charge in [-0.25, -0.2) is 28.6 Å². The third-order valence-corrected chi connectivity index (χ3v) is 14.6. The van der Waals surface area contributed by atoms with Crippen molar-refractivity contribution in [1.29, 1.82) is 0 Å². The molecule has 2 unspecified atom stereocenters. The molecule has 1 aliphatic heterocycles. The predicted octanol–water partition coefficient (Wildman–Crippen LogP) is 5.26. The molecule has 10 N–H and O–H groups in total. The Bertz CT molecular complexity index is 2130. The average molecular weight is 1060 g/mol. The molecule has 3 rings (SSSR count). The number of allylic oxidation sites excluding steroid dienone is 4. The molecule has 0 spiro atoms. The number of hydrogen-bond donors (Lipinski definition) is 9. The Morgan fingerprint density at radius 1 is 0.884 bits per heavy atom. The summed E-state index contributed by atoms with van der Waals surface area (Å²) in [5, 5.41) is 26.7. The van der Waals surface area contributed by atoms with Gasteiger partial charge in [0, 0.05) is 37.1 Å². The van der Waals surface area contributed by atoms with E-state index in [9.17, 15) is 57.9 Å². The molecule has 1 saturated heterocycles. The summed E-state index contributed by atoms with van der Waals surface area (Å²) in [4.78, 5) is 88.4. The van der Waals surface area contributed by atoms with Gasteiger partial charge in [-0.3, -0.25) is 32.5 Å². The van der Waals surface area contributed by atoms with Crippen LogP contribution in [0.4, 0.5) is 5.82 Å². The summed E-state index contributed by atoms with van der Waals surface area (Å²) in [5.74, 6) is -1.04. The highest BCUT2D eigenvalue weighted by molar-refractivity contribution is 8.13. The van der Waals surface area contributed by atoms with Crippen LogP contribution in [0.15, 0.2) is 37.0 Å². The smallest absolute Gasteiger partial charge is 0.386 e. The highest BCUT2D eigenvalue weighted by Gasteiger charge is 2.50. The monoisotopic (exact) mass is 1060 g/mol. The molecule has 69 heavy (non-hydrogen) atoms. The molecule has 28 heteroatoms. The van der Waals surface area contributed by atoms with Crippen molar-refractivity contribution in [3.05, 3.63) is 37.0 Å². The molecule has 2 aromatic rings. The maximum atomic E-state index is 12.7. The van der Waals surface area contributed by atoms with Crippen LogP contribution in [0.5, 0.6) is 0 Å². The number of aliphatic hydroxyl groups is 2. The van der Waals surface area contributed by atoms with Gasteiger partial charge in [-0.15, -0.1) is 0 Å². The fraction of sp³-hybridized carbons (Fsp3) is 0.707. The second-order valence-corrected chi connectivity index (χ2v) is 22.4. The molecular weight excluding hydrogens is 987 g/mol. The van der Waals surface area contributed by atoms with E-state index >= 15 is 0 Å². The van der Waals surface area contributed by atoms with E-state index in [4.69, 9.17) is 19.5 Å². The number of nitrogens with zero attached hydrogens (tertiary/aromatic N) is 4. The van der Waals surface area contributed by atoms with Crippen molar-refractivity contribution in [2.45, 2.75) is 148 Å². The first-order valence-corrected chi connectivity index (χ1v) is 28.4. The summed E-state index contributed by atoms with van der Waals surface area (Å²) in [6.07, 6.45) is 17.4. The van der Waals surface area contributed by atoms with Crippen LogP contribution in [-0.4, -0.2) is 123 Å². The lowest BCUT2D eigenvalue weighted by Crippen LogP contribution is -2.46. The summed E-state index contributed by atoms with van der Waals surface area (Å²) < 4.78 is 62.5. The Balaban J connectivity index is 1.28. The number of imidazole rings is 1. The van der Waals surface area contributed by atoms with Crippen molar-refractivity contribution in [3.8, 4) is 0 Å². The Kier molecular flexibility index (Phi) is 26.4. The minimum absolute atomic E-state index is 0.0327. The molecular formula is C41H70N7O17P3S. The van der Waals surface area contributed by atoms with E-state index in [1.807, 2.05) is 0 Å². The third kappa shape index (κ3) is 23.0. The van der Waals surface area contributed by atoms with Crippen LogP contribution >= 0.6 is 35.2 Å². The molecule has 24 nitrogen and oxygen atoms in total. The minimum Gasteiger partial charge on any atom is -0.386 e. The highest BCUT2D eigenvalue weighted by Crippen LogP contribution is 2.61. The Hall–Kier alpha value is -2.96. The lowest BCUT2D eigenvalue weighted by atomic mass is 9.87. The number of amides is 2. The van der Waals surface area contributed by atoms with E-state index in [0.717, 1.165) is 67.5 Å². The average Bonchev–Trinajstić information content (AvgIpc) is 3.84. The first kappa shape index (κ1) is 60.3. The molecule has 3 heterocycles. The number of carbonyl (C=O) groups is 3. The Labute approximate surface area is 406 Å². The molecule has 2 amide bonds. The zero-order valence-corrected chi connectivity index (χ0v) is 42.8. The van der Waals surface area contributed by atoms with Crippen LogP contribution in [0.1, 0.15) is 123 Å². The number of nitrogens with two attached hydrogens (primary N) is 1. The maximum Gasteiger partial charge on any atom is 0.481 e. The van der Waals surface area contributed by atoms with Crippen molar-refractivity contribution in [2.75, 3.05) is 37.8 Å². The molecule has 392 valence electrons. The quantitative estimate of drug-likeness (QED) is 0.0241. The number of thioether (sulfide) groups is 1. The zero-order chi connectivity index (χ0) is 51.1. The van der Waals surface area contributed by atoms with Gasteiger partial charge in [0.05, 0.1) is 19.5 Å². The predicted molar refractivity (Wildman–Crippen MR) is 256 cm³/mol. The van der Waals surface area contributed by atoms with Gasteiger partial charge in [0.2, 0.25) is 11.8 Å². The summed E-state index contributed by atoms with van der Waals surface area (Å²) in [6.45, 7) is 2.78. The van der Waals surface area contributed by atoms with E-state index in [1.165, 1.54) is 58.8 Å². The van der Waals surface area contributed by atoms with Gasteiger partial charge in [0.25, 0.3) is 0 Å². The molecule has 0 aromatic carbocycles. The highest BCUT2D eigenvalue weighted by atomic mass is 32.2. The number of rotatable bonds is 35.